The summed E-state index contributed by atoms with van der Waals surface area (Å²) >= 11 is 0. The van der Waals surface area contributed by atoms with Gasteiger partial charge >= 0.3 is 0 Å². The Morgan fingerprint density at radius 1 is 1.20 bits per heavy atom. The largest absolute Gasteiger partial charge is 0.334 e. The summed E-state index contributed by atoms with van der Waals surface area (Å²) in [6.45, 7) is 8.83. The Kier molecular flexibility index (Phi) is 3.69. The molecular weight excluding hydrogens is 200 g/mol. The van der Waals surface area contributed by atoms with Crippen molar-refractivity contribution < 1.29 is 0 Å². The number of nitrogens with one attached hydrogen (secondary N) is 1. The molecule has 3 heteroatoms. The summed E-state index contributed by atoms with van der Waals surface area (Å²) in [7, 11) is -1.18. The van der Waals surface area contributed by atoms with Crippen LogP contribution in [0.3, 0.4) is 0 Å². The molecule has 0 aliphatic carbocycles. The molecule has 2 nitrogen and oxygen atoms in total. The standard InChI is InChI=1S/C12H20N2Si/c1-11(13)14(10-15(2,3)4)12-8-6-5-7-9-12/h5-9,13H,10H2,1-4H3. The van der Waals surface area contributed by atoms with E-state index in [-0.39, 0.29) is 0 Å². The molecule has 0 aromatic heterocycles. The number of rotatable bonds is 3. The van der Waals surface area contributed by atoms with Crippen molar-refractivity contribution in [1.82, 2.24) is 0 Å². The summed E-state index contributed by atoms with van der Waals surface area (Å²) in [6.07, 6.45) is 1.01. The minimum absolute atomic E-state index is 0.628. The van der Waals surface area contributed by atoms with Gasteiger partial charge in [-0.2, -0.15) is 0 Å². The molecule has 0 fully saturated rings. The van der Waals surface area contributed by atoms with Gasteiger partial charge in [-0.15, -0.1) is 0 Å². The van der Waals surface area contributed by atoms with Gasteiger partial charge in [-0.3, -0.25) is 5.41 Å². The number of para-hydroxylation sites is 1. The van der Waals surface area contributed by atoms with Gasteiger partial charge in [0.05, 0.1) is 13.9 Å². The lowest BCUT2D eigenvalue weighted by Gasteiger charge is -2.29. The molecule has 1 aromatic carbocycles. The van der Waals surface area contributed by atoms with Crippen LogP contribution in [0.15, 0.2) is 30.3 Å². The van der Waals surface area contributed by atoms with Gasteiger partial charge in [0.2, 0.25) is 0 Å². The smallest absolute Gasteiger partial charge is 0.0967 e. The van der Waals surface area contributed by atoms with Crippen molar-refractivity contribution in [2.75, 3.05) is 11.1 Å². The van der Waals surface area contributed by atoms with Crippen LogP contribution >= 0.6 is 0 Å². The van der Waals surface area contributed by atoms with Crippen LogP contribution in [0.4, 0.5) is 5.69 Å². The minimum Gasteiger partial charge on any atom is -0.334 e. The highest BCUT2D eigenvalue weighted by Gasteiger charge is 2.19. The van der Waals surface area contributed by atoms with Crippen molar-refractivity contribution in [3.8, 4) is 0 Å². The van der Waals surface area contributed by atoms with Gasteiger partial charge in [-0.25, -0.2) is 0 Å². The van der Waals surface area contributed by atoms with E-state index in [1.807, 2.05) is 25.1 Å². The Balaban J connectivity index is 2.90. The first kappa shape index (κ1) is 12.0. The molecule has 15 heavy (non-hydrogen) atoms. The molecule has 0 saturated carbocycles. The highest BCUT2D eigenvalue weighted by molar-refractivity contribution is 6.77. The summed E-state index contributed by atoms with van der Waals surface area (Å²) < 4.78 is 0. The molecule has 0 atom stereocenters. The van der Waals surface area contributed by atoms with Crippen LogP contribution in [-0.4, -0.2) is 20.1 Å². The molecular formula is C12H20N2Si. The van der Waals surface area contributed by atoms with Gasteiger partial charge in [-0.05, 0) is 19.1 Å². The number of nitrogens with zero attached hydrogens (tertiary/aromatic N) is 1. The number of amidine groups is 1. The van der Waals surface area contributed by atoms with E-state index in [0.717, 1.165) is 11.9 Å². The summed E-state index contributed by atoms with van der Waals surface area (Å²) in [5.41, 5.74) is 1.13. The molecule has 0 aliphatic heterocycles. The van der Waals surface area contributed by atoms with Crippen molar-refractivity contribution in [3.05, 3.63) is 30.3 Å². The molecule has 0 amide bonds. The molecule has 0 spiro atoms. The Morgan fingerprint density at radius 2 is 1.73 bits per heavy atom. The first-order chi connectivity index (χ1) is 6.90. The number of hydrogen-bond acceptors (Lipinski definition) is 1. The van der Waals surface area contributed by atoms with Crippen LogP contribution in [0, 0.1) is 5.41 Å². The fraction of sp³-hybridized carbons (Fsp3) is 0.417. The van der Waals surface area contributed by atoms with Crippen LogP contribution in [0.2, 0.25) is 19.6 Å². The highest BCUT2D eigenvalue weighted by atomic mass is 28.3. The van der Waals surface area contributed by atoms with Crippen molar-refractivity contribution in [2.24, 2.45) is 0 Å². The lowest BCUT2D eigenvalue weighted by molar-refractivity contribution is 1.14. The Bertz CT molecular complexity index is 327. The molecule has 82 valence electrons. The van der Waals surface area contributed by atoms with E-state index in [9.17, 15) is 0 Å². The predicted octanol–water partition coefficient (Wildman–Crippen LogP) is 3.37. The lowest BCUT2D eigenvalue weighted by atomic mass is 10.3. The van der Waals surface area contributed by atoms with Crippen LogP contribution in [0.1, 0.15) is 6.92 Å². The first-order valence-electron chi connectivity index (χ1n) is 5.28. The summed E-state index contributed by atoms with van der Waals surface area (Å²) in [6, 6.07) is 10.2. The van der Waals surface area contributed by atoms with E-state index in [2.05, 4.69) is 36.7 Å². The molecule has 0 unspecified atom stereocenters. The third-order valence-electron chi connectivity index (χ3n) is 2.11. The van der Waals surface area contributed by atoms with E-state index < -0.39 is 8.07 Å². The maximum atomic E-state index is 7.82. The quantitative estimate of drug-likeness (QED) is 0.472. The average molecular weight is 220 g/mol. The predicted molar refractivity (Wildman–Crippen MR) is 70.5 cm³/mol. The van der Waals surface area contributed by atoms with Gasteiger partial charge in [0.1, 0.15) is 0 Å². The van der Waals surface area contributed by atoms with Crippen LogP contribution in [-0.2, 0) is 0 Å². The SMILES string of the molecule is CC(=N)N(C[Si](C)(C)C)c1ccccc1. The molecule has 0 saturated heterocycles. The average Bonchev–Trinajstić information content (AvgIpc) is 2.14. The third-order valence-corrected chi connectivity index (χ3v) is 3.37. The van der Waals surface area contributed by atoms with E-state index in [4.69, 9.17) is 5.41 Å². The van der Waals surface area contributed by atoms with Gasteiger partial charge < -0.3 is 4.90 Å². The topological polar surface area (TPSA) is 27.1 Å². The summed E-state index contributed by atoms with van der Waals surface area (Å²) in [5.74, 6) is 0.628. The van der Waals surface area contributed by atoms with Crippen LogP contribution in [0.5, 0.6) is 0 Å². The second kappa shape index (κ2) is 4.62. The zero-order valence-corrected chi connectivity index (χ0v) is 11.0. The van der Waals surface area contributed by atoms with Gasteiger partial charge in [0.25, 0.3) is 0 Å². The second-order valence-corrected chi connectivity index (χ2v) is 10.5. The molecule has 0 aliphatic rings. The number of benzene rings is 1. The highest BCUT2D eigenvalue weighted by Crippen LogP contribution is 2.16. The van der Waals surface area contributed by atoms with Gasteiger partial charge in [0, 0.05) is 11.9 Å². The fourth-order valence-corrected chi connectivity index (χ4v) is 2.85. The first-order valence-corrected chi connectivity index (χ1v) is 8.98. The molecule has 1 rings (SSSR count). The Labute approximate surface area is 93.4 Å². The molecule has 1 N–H and O–H groups in total. The zero-order chi connectivity index (χ0) is 11.5. The maximum Gasteiger partial charge on any atom is 0.0967 e. The van der Waals surface area contributed by atoms with E-state index >= 15 is 0 Å². The van der Waals surface area contributed by atoms with E-state index in [1.165, 1.54) is 0 Å². The Morgan fingerprint density at radius 3 is 2.13 bits per heavy atom. The monoisotopic (exact) mass is 220 g/mol. The summed E-state index contributed by atoms with van der Waals surface area (Å²) in [5, 5.41) is 7.82. The molecule has 0 radical (unpaired) electrons. The minimum atomic E-state index is -1.18. The summed E-state index contributed by atoms with van der Waals surface area (Å²) in [4.78, 5) is 2.10. The van der Waals surface area contributed by atoms with Gasteiger partial charge in [0.15, 0.2) is 0 Å². The lowest BCUT2D eigenvalue weighted by Crippen LogP contribution is -2.42. The number of anilines is 1. The van der Waals surface area contributed by atoms with Crippen molar-refractivity contribution >= 4 is 19.6 Å². The van der Waals surface area contributed by atoms with Gasteiger partial charge in [-0.1, -0.05) is 37.8 Å². The maximum absolute atomic E-state index is 7.82. The van der Waals surface area contributed by atoms with Crippen molar-refractivity contribution in [1.29, 1.82) is 5.41 Å². The van der Waals surface area contributed by atoms with E-state index in [1.54, 1.807) is 0 Å². The fourth-order valence-electron chi connectivity index (χ4n) is 1.49. The third kappa shape index (κ3) is 3.87. The molecule has 0 bridgehead atoms. The van der Waals surface area contributed by atoms with Crippen molar-refractivity contribution in [2.45, 2.75) is 26.6 Å². The van der Waals surface area contributed by atoms with Crippen LogP contribution in [0.25, 0.3) is 0 Å². The molecule has 1 aromatic rings. The second-order valence-electron chi connectivity index (χ2n) is 5.07. The molecule has 0 heterocycles. The number of hydrogen-bond donors (Lipinski definition) is 1. The van der Waals surface area contributed by atoms with Crippen LogP contribution < -0.4 is 4.90 Å². The zero-order valence-electron chi connectivity index (χ0n) is 10.0. The van der Waals surface area contributed by atoms with Crippen molar-refractivity contribution in [3.63, 3.8) is 0 Å². The van der Waals surface area contributed by atoms with E-state index in [0.29, 0.717) is 5.84 Å². The normalized spacial score (nSPS) is 11.2. The Hall–Kier alpha value is -1.09.